The van der Waals surface area contributed by atoms with Crippen LogP contribution in [-0.2, 0) is 29.3 Å². The van der Waals surface area contributed by atoms with Crippen LogP contribution in [0.15, 0.2) is 36.4 Å². The fourth-order valence-electron chi connectivity index (χ4n) is 7.25. The minimum Gasteiger partial charge on any atom is -0.812 e. The van der Waals surface area contributed by atoms with Gasteiger partial charge in [0.2, 0.25) is 5.91 Å². The number of hydrogen-bond donors (Lipinski definition) is 2. The van der Waals surface area contributed by atoms with Crippen LogP contribution in [0.4, 0.5) is 13.6 Å². The summed E-state index contributed by atoms with van der Waals surface area (Å²) >= 11 is 0. The fraction of sp³-hybridized carbons (Fsp3) is 0.660. The van der Waals surface area contributed by atoms with Crippen LogP contribution in [0, 0.1) is 46.8 Å². The predicted molar refractivity (Wildman–Crippen MR) is 244 cm³/mol. The number of rotatable bonds is 28. The van der Waals surface area contributed by atoms with Gasteiger partial charge in [-0.05, 0) is 124 Å². The molecule has 0 spiro atoms. The number of nitrogens with one attached hydrogen (secondary N) is 2. The van der Waals surface area contributed by atoms with E-state index in [9.17, 15) is 40.0 Å². The van der Waals surface area contributed by atoms with Gasteiger partial charge in [-0.25, -0.2) is 35.7 Å². The Morgan fingerprint density at radius 1 is 0.803 bits per heavy atom. The predicted octanol–water partition coefficient (Wildman–Crippen LogP) is 3.44. The molecule has 19 heteroatoms. The van der Waals surface area contributed by atoms with E-state index in [0.29, 0.717) is 76.6 Å². The third kappa shape index (κ3) is 23.5. The summed E-state index contributed by atoms with van der Waals surface area (Å²) in [6, 6.07) is 9.02. The second kappa shape index (κ2) is 30.0. The summed E-state index contributed by atoms with van der Waals surface area (Å²) in [5.74, 6) is 0.406. The Hall–Kier alpha value is -2.70. The summed E-state index contributed by atoms with van der Waals surface area (Å²) in [5.41, 5.74) is 1.59. The van der Waals surface area contributed by atoms with E-state index in [2.05, 4.69) is 10.6 Å². The van der Waals surface area contributed by atoms with Gasteiger partial charge in [0.15, 0.2) is 42.8 Å². The Bertz CT molecular complexity index is 2110. The Morgan fingerprint density at radius 3 is 1.62 bits per heavy atom. The van der Waals surface area contributed by atoms with Gasteiger partial charge in [0.1, 0.15) is 12.3 Å². The molecule has 0 aromatic heterocycles. The van der Waals surface area contributed by atoms with Crippen LogP contribution in [0.5, 0.6) is 11.5 Å². The van der Waals surface area contributed by atoms with Crippen molar-refractivity contribution in [1.29, 1.82) is 5.26 Å². The van der Waals surface area contributed by atoms with Gasteiger partial charge in [0.05, 0.1) is 42.8 Å². The molecule has 2 aliphatic carbocycles. The number of nitrogens with zero attached hydrogens (tertiary/aromatic N) is 2. The quantitative estimate of drug-likeness (QED) is 0.0544. The molecule has 14 nitrogen and oxygen atoms in total. The zero-order chi connectivity index (χ0) is 48.2. The van der Waals surface area contributed by atoms with Crippen LogP contribution in [0.2, 0.25) is 0 Å². The number of sulfone groups is 2. The zero-order valence-corrected chi connectivity index (χ0v) is 44.4. The van der Waals surface area contributed by atoms with E-state index < -0.39 is 31.3 Å². The maximum absolute atomic E-state index is 14.1. The molecule has 2 unspecified atom stereocenters. The summed E-state index contributed by atoms with van der Waals surface area (Å²) < 4.78 is 90.5. The first-order valence-corrected chi connectivity index (χ1v) is 26.4. The number of unbranched alkanes of at least 4 members (excludes halogenated alkanes) is 4. The molecule has 2 aromatic carbocycles. The maximum Gasteiger partial charge on any atom is 1.00 e. The Balaban J connectivity index is 0.000000423. The maximum atomic E-state index is 14.1. The molecule has 0 radical (unpaired) electrons. The first-order valence-electron chi connectivity index (χ1n) is 22.8. The standard InChI is InChI=1S/C23H33FN2O5S.C23H36FNO4S.CHNO.K/c1-16(2)19(18-8-9-20(24)21(12-18)31-14-17-6-7-17)15-32(29,30)11-5-3-4-10-26-13-22(27)25-23(26)28;1-17(2)21(16-30(27,28)12-6-4-5-11-25-14-18(3)26)20-9-10-22(24)23(13-20)29-15-19-7-8-19;2-1-3;/h8-9,12,16-17,19H,3-7,10-11,13-15H2,1-2H3,(H,25,27,28);9-10,13,17,19,21,25H,4-8,11-12,14-16H2,1-3H3;3H;/q;;;+1/p-1. The van der Waals surface area contributed by atoms with E-state index in [1.165, 1.54) is 24.0 Å². The van der Waals surface area contributed by atoms with Gasteiger partial charge in [0, 0.05) is 24.6 Å². The molecule has 5 rings (SSSR count). The zero-order valence-electron chi connectivity index (χ0n) is 39.6. The van der Waals surface area contributed by atoms with Crippen molar-refractivity contribution in [3.63, 3.8) is 0 Å². The Labute approximate surface area is 434 Å². The van der Waals surface area contributed by atoms with Gasteiger partial charge in [-0.3, -0.25) is 14.9 Å². The van der Waals surface area contributed by atoms with Crippen molar-refractivity contribution in [3.8, 4) is 17.8 Å². The van der Waals surface area contributed by atoms with Crippen LogP contribution in [-0.4, -0.2) is 102 Å². The number of urea groups is 1. The molecule has 2 atom stereocenters. The van der Waals surface area contributed by atoms with Crippen molar-refractivity contribution < 1.29 is 106 Å². The number of carbonyl (C=O) groups is 3. The number of carbonyl (C=O) groups excluding carboxylic acids is 3. The van der Waals surface area contributed by atoms with Crippen molar-refractivity contribution in [2.24, 2.45) is 23.7 Å². The van der Waals surface area contributed by atoms with Gasteiger partial charge >= 0.3 is 57.4 Å². The van der Waals surface area contributed by atoms with Gasteiger partial charge in [-0.1, -0.05) is 52.7 Å². The van der Waals surface area contributed by atoms with Crippen LogP contribution < -0.4 is 76.6 Å². The molecular weight excluding hydrogens is 922 g/mol. The Kier molecular flexibility index (Phi) is 27.0. The third-order valence-corrected chi connectivity index (χ3v) is 15.1. The second-order valence-electron chi connectivity index (χ2n) is 18.2. The van der Waals surface area contributed by atoms with E-state index in [-0.39, 0.29) is 134 Å². The first-order chi connectivity index (χ1) is 30.7. The summed E-state index contributed by atoms with van der Waals surface area (Å²) in [5, 5.41) is 20.3. The van der Waals surface area contributed by atoms with E-state index in [1.54, 1.807) is 24.3 Å². The molecule has 2 aromatic rings. The normalized spacial score (nSPS) is 15.7. The van der Waals surface area contributed by atoms with Crippen LogP contribution in [0.1, 0.15) is 122 Å². The van der Waals surface area contributed by atoms with Crippen LogP contribution >= 0.6 is 0 Å². The Morgan fingerprint density at radius 2 is 1.24 bits per heavy atom. The van der Waals surface area contributed by atoms with Crippen molar-refractivity contribution in [2.45, 2.75) is 111 Å². The molecule has 3 aliphatic rings. The van der Waals surface area contributed by atoms with Crippen LogP contribution in [0.3, 0.4) is 0 Å². The van der Waals surface area contributed by atoms with Crippen LogP contribution in [0.25, 0.3) is 0 Å². The number of ketones is 1. The molecule has 3 amide bonds. The minimum atomic E-state index is -3.31. The van der Waals surface area contributed by atoms with E-state index in [1.807, 2.05) is 27.7 Å². The molecular formula is C47H69F2KN4O10S2. The van der Waals surface area contributed by atoms with Crippen molar-refractivity contribution in [3.05, 3.63) is 59.2 Å². The number of ether oxygens (including phenoxy) is 2. The SMILES string of the molecule is CC(=O)CNCCCCCS(=O)(=O)CC(c1ccc(F)c(OCC2CC2)c1)C(C)C.CC(C)C(CS(=O)(=O)CCCCCN1CC(=O)NC1=O)c1ccc(F)c(OCC2CC2)c1.N#C[O-].[K+]. The molecule has 3 fully saturated rings. The number of Topliss-reactive ketones (excluding diaryl/α,β-unsaturated/α-hetero) is 1. The molecule has 1 aliphatic heterocycles. The molecule has 2 saturated carbocycles. The monoisotopic (exact) mass is 990 g/mol. The summed E-state index contributed by atoms with van der Waals surface area (Å²) in [6.07, 6.45) is 9.01. The second-order valence-corrected chi connectivity index (χ2v) is 22.6. The number of imide groups is 1. The van der Waals surface area contributed by atoms with E-state index in [0.717, 1.165) is 49.7 Å². The van der Waals surface area contributed by atoms with Gasteiger partial charge in [-0.15, -0.1) is 0 Å². The average molecular weight is 991 g/mol. The molecule has 66 heavy (non-hydrogen) atoms. The average Bonchev–Trinajstić information content (AvgIpc) is 4.18. The van der Waals surface area contributed by atoms with Crippen molar-refractivity contribution in [2.75, 3.05) is 62.4 Å². The smallest absolute Gasteiger partial charge is 0.812 e. The number of nitriles is 1. The number of hydrogen-bond acceptors (Lipinski definition) is 12. The fourth-order valence-corrected chi connectivity index (χ4v) is 11.1. The first kappa shape index (κ1) is 59.4. The summed E-state index contributed by atoms with van der Waals surface area (Å²) in [4.78, 5) is 35.0. The topological polar surface area (TPSA) is 212 Å². The number of amides is 3. The molecule has 1 saturated heterocycles. The van der Waals surface area contributed by atoms with Crippen molar-refractivity contribution >= 4 is 37.4 Å². The van der Waals surface area contributed by atoms with Gasteiger partial charge in [0.25, 0.3) is 0 Å². The summed E-state index contributed by atoms with van der Waals surface area (Å²) in [6.45, 7) is 12.1. The van der Waals surface area contributed by atoms with E-state index >= 15 is 0 Å². The number of benzene rings is 2. The largest absolute Gasteiger partial charge is 1.00 e. The van der Waals surface area contributed by atoms with Gasteiger partial charge < -0.3 is 24.8 Å². The molecule has 2 N–H and O–H groups in total. The molecule has 0 bridgehead atoms. The molecule has 364 valence electrons. The van der Waals surface area contributed by atoms with Crippen molar-refractivity contribution in [1.82, 2.24) is 15.5 Å². The minimum absolute atomic E-state index is 0. The number of halogens is 2. The van der Waals surface area contributed by atoms with E-state index in [4.69, 9.17) is 19.8 Å². The molecule has 1 heterocycles. The van der Waals surface area contributed by atoms with Gasteiger partial charge in [-0.2, -0.15) is 0 Å². The third-order valence-electron chi connectivity index (χ3n) is 11.5. The summed E-state index contributed by atoms with van der Waals surface area (Å²) in [7, 11) is -6.54.